The molecule has 13 heavy (non-hydrogen) atoms. The summed E-state index contributed by atoms with van der Waals surface area (Å²) < 4.78 is 0. The lowest BCUT2D eigenvalue weighted by molar-refractivity contribution is 0.718. The van der Waals surface area contributed by atoms with Crippen LogP contribution in [0.25, 0.3) is 0 Å². The Balaban J connectivity index is 2.29. The van der Waals surface area contributed by atoms with Gasteiger partial charge in [-0.1, -0.05) is 12.8 Å². The van der Waals surface area contributed by atoms with Gasteiger partial charge < -0.3 is 11.5 Å². The first-order chi connectivity index (χ1) is 6.27. The lowest BCUT2D eigenvalue weighted by Gasteiger charge is -2.10. The summed E-state index contributed by atoms with van der Waals surface area (Å²) in [6.07, 6.45) is 6.76. The standard InChI is InChI=1S/C9H14N4/c10-8-7(5-12-9(11)13-8)6-3-1-2-4-6/h5-6H,1-4H2,(H4,10,11,12,13). The van der Waals surface area contributed by atoms with Crippen LogP contribution in [0.1, 0.15) is 37.2 Å². The Labute approximate surface area is 77.4 Å². The second-order valence-corrected chi connectivity index (χ2v) is 3.55. The van der Waals surface area contributed by atoms with Crippen molar-refractivity contribution < 1.29 is 0 Å². The SMILES string of the molecule is Nc1ncc(C2CCCC2)c(N)n1. The van der Waals surface area contributed by atoms with Gasteiger partial charge in [0.05, 0.1) is 0 Å². The smallest absolute Gasteiger partial charge is 0.221 e. The summed E-state index contributed by atoms with van der Waals surface area (Å²) in [6, 6.07) is 0. The number of anilines is 2. The van der Waals surface area contributed by atoms with Crippen molar-refractivity contribution >= 4 is 11.8 Å². The Morgan fingerprint density at radius 2 is 1.92 bits per heavy atom. The molecule has 1 saturated carbocycles. The van der Waals surface area contributed by atoms with Gasteiger partial charge in [0.25, 0.3) is 0 Å². The minimum absolute atomic E-state index is 0.263. The summed E-state index contributed by atoms with van der Waals surface area (Å²) in [4.78, 5) is 7.93. The number of aromatic nitrogens is 2. The van der Waals surface area contributed by atoms with Gasteiger partial charge in [-0.25, -0.2) is 4.98 Å². The van der Waals surface area contributed by atoms with E-state index in [1.54, 1.807) is 6.20 Å². The summed E-state index contributed by atoms with van der Waals surface area (Å²) in [5, 5.41) is 0. The maximum Gasteiger partial charge on any atom is 0.221 e. The van der Waals surface area contributed by atoms with Crippen molar-refractivity contribution in [2.75, 3.05) is 11.5 Å². The molecule has 0 bridgehead atoms. The Morgan fingerprint density at radius 1 is 1.23 bits per heavy atom. The monoisotopic (exact) mass is 178 g/mol. The fraction of sp³-hybridized carbons (Fsp3) is 0.556. The maximum atomic E-state index is 5.77. The number of nitrogen functional groups attached to an aromatic ring is 2. The first-order valence-electron chi connectivity index (χ1n) is 4.65. The zero-order valence-electron chi connectivity index (χ0n) is 7.53. The number of hydrogen-bond donors (Lipinski definition) is 2. The summed E-state index contributed by atoms with van der Waals surface area (Å²) >= 11 is 0. The Morgan fingerprint density at radius 3 is 2.54 bits per heavy atom. The van der Waals surface area contributed by atoms with E-state index in [-0.39, 0.29) is 5.95 Å². The van der Waals surface area contributed by atoms with Gasteiger partial charge in [0, 0.05) is 11.8 Å². The quantitative estimate of drug-likeness (QED) is 0.679. The van der Waals surface area contributed by atoms with Gasteiger partial charge in [0.1, 0.15) is 5.82 Å². The molecular formula is C9H14N4. The molecule has 0 amide bonds. The van der Waals surface area contributed by atoms with Gasteiger partial charge in [0.15, 0.2) is 0 Å². The lowest BCUT2D eigenvalue weighted by Crippen LogP contribution is -2.05. The van der Waals surface area contributed by atoms with Gasteiger partial charge >= 0.3 is 0 Å². The van der Waals surface area contributed by atoms with Crippen molar-refractivity contribution in [2.45, 2.75) is 31.6 Å². The molecule has 1 aromatic rings. The summed E-state index contributed by atoms with van der Waals surface area (Å²) in [5.74, 6) is 1.37. The van der Waals surface area contributed by atoms with E-state index in [0.29, 0.717) is 11.7 Å². The molecular weight excluding hydrogens is 164 g/mol. The van der Waals surface area contributed by atoms with Gasteiger partial charge in [-0.3, -0.25) is 0 Å². The topological polar surface area (TPSA) is 77.8 Å². The van der Waals surface area contributed by atoms with Crippen molar-refractivity contribution in [2.24, 2.45) is 0 Å². The molecule has 0 unspecified atom stereocenters. The Hall–Kier alpha value is -1.32. The third-order valence-corrected chi connectivity index (χ3v) is 2.66. The van der Waals surface area contributed by atoms with Crippen molar-refractivity contribution in [3.63, 3.8) is 0 Å². The van der Waals surface area contributed by atoms with E-state index in [0.717, 1.165) is 5.56 Å². The lowest BCUT2D eigenvalue weighted by atomic mass is 10.00. The predicted octanol–water partition coefficient (Wildman–Crippen LogP) is 1.30. The average Bonchev–Trinajstić information content (AvgIpc) is 2.56. The van der Waals surface area contributed by atoms with E-state index >= 15 is 0 Å². The normalized spacial score (nSPS) is 17.8. The van der Waals surface area contributed by atoms with Crippen molar-refractivity contribution in [3.8, 4) is 0 Å². The summed E-state index contributed by atoms with van der Waals surface area (Å²) in [5.41, 5.74) is 12.3. The average molecular weight is 178 g/mol. The first-order valence-corrected chi connectivity index (χ1v) is 4.65. The van der Waals surface area contributed by atoms with Gasteiger partial charge in [0.2, 0.25) is 5.95 Å². The van der Waals surface area contributed by atoms with Crippen LogP contribution in [0.2, 0.25) is 0 Å². The largest absolute Gasteiger partial charge is 0.383 e. The first kappa shape index (κ1) is 8.29. The zero-order chi connectivity index (χ0) is 9.26. The van der Waals surface area contributed by atoms with Crippen LogP contribution >= 0.6 is 0 Å². The molecule has 0 saturated heterocycles. The minimum Gasteiger partial charge on any atom is -0.383 e. The molecule has 70 valence electrons. The van der Waals surface area contributed by atoms with E-state index in [4.69, 9.17) is 11.5 Å². The van der Waals surface area contributed by atoms with Crippen LogP contribution in [0.4, 0.5) is 11.8 Å². The summed E-state index contributed by atoms with van der Waals surface area (Å²) in [7, 11) is 0. The highest BCUT2D eigenvalue weighted by atomic mass is 15.0. The van der Waals surface area contributed by atoms with E-state index in [1.165, 1.54) is 25.7 Å². The molecule has 0 aromatic carbocycles. The van der Waals surface area contributed by atoms with Gasteiger partial charge in [-0.2, -0.15) is 4.98 Å². The highest BCUT2D eigenvalue weighted by Gasteiger charge is 2.20. The Bertz CT molecular complexity index is 304. The van der Waals surface area contributed by atoms with Crippen molar-refractivity contribution in [1.82, 2.24) is 9.97 Å². The molecule has 1 aromatic heterocycles. The van der Waals surface area contributed by atoms with Crippen LogP contribution < -0.4 is 11.5 Å². The molecule has 1 fully saturated rings. The molecule has 0 radical (unpaired) electrons. The van der Waals surface area contributed by atoms with Crippen LogP contribution in [-0.4, -0.2) is 9.97 Å². The molecule has 4 heteroatoms. The highest BCUT2D eigenvalue weighted by Crippen LogP contribution is 2.35. The summed E-state index contributed by atoms with van der Waals surface area (Å²) in [6.45, 7) is 0. The molecule has 0 spiro atoms. The maximum absolute atomic E-state index is 5.77. The van der Waals surface area contributed by atoms with E-state index in [9.17, 15) is 0 Å². The second-order valence-electron chi connectivity index (χ2n) is 3.55. The second kappa shape index (κ2) is 3.20. The van der Waals surface area contributed by atoms with E-state index in [2.05, 4.69) is 9.97 Å². The number of nitrogens with zero attached hydrogens (tertiary/aromatic N) is 2. The van der Waals surface area contributed by atoms with Crippen LogP contribution in [0, 0.1) is 0 Å². The van der Waals surface area contributed by atoms with Crippen molar-refractivity contribution in [1.29, 1.82) is 0 Å². The fourth-order valence-electron chi connectivity index (χ4n) is 1.97. The molecule has 4 nitrogen and oxygen atoms in total. The van der Waals surface area contributed by atoms with Gasteiger partial charge in [-0.15, -0.1) is 0 Å². The highest BCUT2D eigenvalue weighted by molar-refractivity contribution is 5.43. The third-order valence-electron chi connectivity index (χ3n) is 2.66. The fourth-order valence-corrected chi connectivity index (χ4v) is 1.97. The molecule has 0 aliphatic heterocycles. The number of hydrogen-bond acceptors (Lipinski definition) is 4. The van der Waals surface area contributed by atoms with Crippen LogP contribution in [0.15, 0.2) is 6.20 Å². The van der Waals surface area contributed by atoms with Crippen LogP contribution in [0.5, 0.6) is 0 Å². The van der Waals surface area contributed by atoms with E-state index in [1.807, 2.05) is 0 Å². The number of nitrogens with two attached hydrogens (primary N) is 2. The molecule has 1 heterocycles. The molecule has 1 aliphatic rings. The number of rotatable bonds is 1. The molecule has 4 N–H and O–H groups in total. The van der Waals surface area contributed by atoms with Crippen LogP contribution in [0.3, 0.4) is 0 Å². The van der Waals surface area contributed by atoms with Gasteiger partial charge in [-0.05, 0) is 18.8 Å². The molecule has 0 atom stereocenters. The third kappa shape index (κ3) is 1.56. The molecule has 2 rings (SSSR count). The molecule has 1 aliphatic carbocycles. The Kier molecular flexibility index (Phi) is 2.04. The van der Waals surface area contributed by atoms with Crippen LogP contribution in [-0.2, 0) is 0 Å². The van der Waals surface area contributed by atoms with E-state index < -0.39 is 0 Å². The predicted molar refractivity (Wildman–Crippen MR) is 52.1 cm³/mol. The van der Waals surface area contributed by atoms with Crippen molar-refractivity contribution in [3.05, 3.63) is 11.8 Å². The zero-order valence-corrected chi connectivity index (χ0v) is 7.53. The minimum atomic E-state index is 0.263.